The van der Waals surface area contributed by atoms with Crippen molar-refractivity contribution in [2.45, 2.75) is 6.92 Å². The number of halogens is 1. The molecular weight excluding hydrogens is 355 g/mol. The fraction of sp³-hybridized carbons (Fsp3) is 0.222. The second kappa shape index (κ2) is 8.75. The molecule has 2 aromatic carbocycles. The number of likely N-dealkylation sites (N-methyl/N-ethyl adjacent to an activating group) is 1. The zero-order valence-corrected chi connectivity index (χ0v) is 14.9. The van der Waals surface area contributed by atoms with E-state index in [0.717, 1.165) is 4.90 Å². The Morgan fingerprint density at radius 3 is 2.44 bits per heavy atom. The van der Waals surface area contributed by atoms with E-state index in [-0.39, 0.29) is 17.8 Å². The van der Waals surface area contributed by atoms with Crippen LogP contribution in [0.4, 0.5) is 21.5 Å². The van der Waals surface area contributed by atoms with Crippen LogP contribution in [-0.2, 0) is 4.79 Å². The molecule has 2 N–H and O–H groups in total. The van der Waals surface area contributed by atoms with Crippen molar-refractivity contribution in [2.24, 2.45) is 0 Å². The van der Waals surface area contributed by atoms with Crippen molar-refractivity contribution in [1.82, 2.24) is 4.90 Å². The number of hydrogen-bond acceptors (Lipinski definition) is 5. The average Bonchev–Trinajstić information content (AvgIpc) is 2.63. The molecule has 0 aliphatic heterocycles. The molecule has 0 aromatic heterocycles. The molecule has 0 fully saturated rings. The summed E-state index contributed by atoms with van der Waals surface area (Å²) in [4.78, 5) is 36.3. The summed E-state index contributed by atoms with van der Waals surface area (Å²) in [6.07, 6.45) is 0. The van der Waals surface area contributed by atoms with Gasteiger partial charge in [-0.1, -0.05) is 0 Å². The van der Waals surface area contributed by atoms with Gasteiger partial charge in [0.2, 0.25) is 5.91 Å². The third-order valence-corrected chi connectivity index (χ3v) is 3.66. The third-order valence-electron chi connectivity index (χ3n) is 3.66. The minimum Gasteiger partial charge on any atom is -0.380 e. The van der Waals surface area contributed by atoms with Crippen molar-refractivity contribution in [3.63, 3.8) is 0 Å². The van der Waals surface area contributed by atoms with E-state index in [4.69, 9.17) is 0 Å². The Hall–Kier alpha value is -3.49. The van der Waals surface area contributed by atoms with Gasteiger partial charge in [0.25, 0.3) is 11.6 Å². The summed E-state index contributed by atoms with van der Waals surface area (Å²) < 4.78 is 12.9. The van der Waals surface area contributed by atoms with E-state index in [1.54, 1.807) is 6.92 Å². The lowest BCUT2D eigenvalue weighted by atomic mass is 10.1. The molecule has 2 aromatic rings. The lowest BCUT2D eigenvalue weighted by molar-refractivity contribution is -0.384. The van der Waals surface area contributed by atoms with E-state index in [1.807, 2.05) is 0 Å². The monoisotopic (exact) mass is 374 g/mol. The SMILES string of the molecule is CCNc1ccc(C(=O)N(C)CC(=O)Nc2ccc(F)cc2)cc1[N+](=O)[O-]. The van der Waals surface area contributed by atoms with Crippen LogP contribution >= 0.6 is 0 Å². The molecule has 2 amide bonds. The number of anilines is 2. The molecule has 0 saturated carbocycles. The molecule has 0 atom stereocenters. The van der Waals surface area contributed by atoms with Crippen LogP contribution in [-0.4, -0.2) is 41.8 Å². The van der Waals surface area contributed by atoms with Crippen LogP contribution in [0.15, 0.2) is 42.5 Å². The third kappa shape index (κ3) is 5.24. The maximum absolute atomic E-state index is 12.9. The van der Waals surface area contributed by atoms with Crippen LogP contribution < -0.4 is 10.6 Å². The van der Waals surface area contributed by atoms with E-state index in [9.17, 15) is 24.1 Å². The van der Waals surface area contributed by atoms with E-state index in [1.165, 1.54) is 49.5 Å². The number of nitrogens with zero attached hydrogens (tertiary/aromatic N) is 2. The zero-order chi connectivity index (χ0) is 20.0. The fourth-order valence-corrected chi connectivity index (χ4v) is 2.40. The maximum Gasteiger partial charge on any atom is 0.293 e. The highest BCUT2D eigenvalue weighted by Crippen LogP contribution is 2.26. The average molecular weight is 374 g/mol. The van der Waals surface area contributed by atoms with Gasteiger partial charge in [0, 0.05) is 30.9 Å². The van der Waals surface area contributed by atoms with Crippen molar-refractivity contribution in [2.75, 3.05) is 30.8 Å². The van der Waals surface area contributed by atoms with Gasteiger partial charge in [-0.25, -0.2) is 4.39 Å². The molecule has 0 unspecified atom stereocenters. The summed E-state index contributed by atoms with van der Waals surface area (Å²) in [5.74, 6) is -1.44. The van der Waals surface area contributed by atoms with E-state index < -0.39 is 22.6 Å². The number of carbonyl (C=O) groups is 2. The van der Waals surface area contributed by atoms with Crippen molar-refractivity contribution in [3.05, 3.63) is 64.0 Å². The van der Waals surface area contributed by atoms with Gasteiger partial charge < -0.3 is 15.5 Å². The number of hydrogen-bond donors (Lipinski definition) is 2. The highest BCUT2D eigenvalue weighted by Gasteiger charge is 2.20. The number of benzene rings is 2. The lowest BCUT2D eigenvalue weighted by Crippen LogP contribution is -2.35. The quantitative estimate of drug-likeness (QED) is 0.573. The largest absolute Gasteiger partial charge is 0.380 e. The van der Waals surface area contributed by atoms with Gasteiger partial charge in [-0.3, -0.25) is 19.7 Å². The minimum absolute atomic E-state index is 0.0976. The van der Waals surface area contributed by atoms with Crippen molar-refractivity contribution < 1.29 is 18.9 Å². The molecular formula is C18H19FN4O4. The minimum atomic E-state index is -0.573. The highest BCUT2D eigenvalue weighted by atomic mass is 19.1. The Bertz CT molecular complexity index is 855. The summed E-state index contributed by atoms with van der Waals surface area (Å²) in [5, 5.41) is 16.6. The zero-order valence-electron chi connectivity index (χ0n) is 14.9. The summed E-state index contributed by atoms with van der Waals surface area (Å²) in [6, 6.07) is 9.30. The highest BCUT2D eigenvalue weighted by molar-refractivity contribution is 6.00. The van der Waals surface area contributed by atoms with E-state index >= 15 is 0 Å². The molecule has 0 heterocycles. The smallest absolute Gasteiger partial charge is 0.293 e. The molecule has 8 nitrogen and oxygen atoms in total. The first-order valence-electron chi connectivity index (χ1n) is 8.15. The number of nitro groups is 1. The summed E-state index contributed by atoms with van der Waals surface area (Å²) >= 11 is 0. The number of carbonyl (C=O) groups excluding carboxylic acids is 2. The summed E-state index contributed by atoms with van der Waals surface area (Å²) in [6.45, 7) is 2.03. The van der Waals surface area contributed by atoms with Gasteiger partial charge >= 0.3 is 0 Å². The normalized spacial score (nSPS) is 10.2. The molecule has 27 heavy (non-hydrogen) atoms. The second-order valence-electron chi connectivity index (χ2n) is 5.74. The Morgan fingerprint density at radius 1 is 1.19 bits per heavy atom. The van der Waals surface area contributed by atoms with Gasteiger partial charge in [0.15, 0.2) is 0 Å². The van der Waals surface area contributed by atoms with Crippen molar-refractivity contribution >= 4 is 28.9 Å². The number of amides is 2. The van der Waals surface area contributed by atoms with Crippen LogP contribution in [0, 0.1) is 15.9 Å². The van der Waals surface area contributed by atoms with Crippen molar-refractivity contribution in [1.29, 1.82) is 0 Å². The Balaban J connectivity index is 2.07. The first-order chi connectivity index (χ1) is 12.8. The van der Waals surface area contributed by atoms with Crippen LogP contribution in [0.2, 0.25) is 0 Å². The summed E-state index contributed by atoms with van der Waals surface area (Å²) in [7, 11) is 1.41. The van der Waals surface area contributed by atoms with E-state index in [0.29, 0.717) is 17.9 Å². The Labute approximate surface area is 155 Å². The Morgan fingerprint density at radius 2 is 1.85 bits per heavy atom. The molecule has 9 heteroatoms. The molecule has 0 spiro atoms. The molecule has 0 radical (unpaired) electrons. The standard InChI is InChI=1S/C18H19FN4O4/c1-3-20-15-9-4-12(10-16(15)23(26)27)18(25)22(2)11-17(24)21-14-7-5-13(19)6-8-14/h4-10,20H,3,11H2,1-2H3,(H,21,24). The fourth-order valence-electron chi connectivity index (χ4n) is 2.40. The topological polar surface area (TPSA) is 105 Å². The van der Waals surface area contributed by atoms with Crippen LogP contribution in [0.5, 0.6) is 0 Å². The van der Waals surface area contributed by atoms with Crippen molar-refractivity contribution in [3.8, 4) is 0 Å². The van der Waals surface area contributed by atoms with Gasteiger partial charge in [-0.15, -0.1) is 0 Å². The first kappa shape index (κ1) is 19.8. The maximum atomic E-state index is 12.9. The van der Waals surface area contributed by atoms with Gasteiger partial charge in [0.1, 0.15) is 11.5 Å². The van der Waals surface area contributed by atoms with Gasteiger partial charge in [-0.2, -0.15) is 0 Å². The second-order valence-corrected chi connectivity index (χ2v) is 5.74. The predicted molar refractivity (Wildman–Crippen MR) is 99.3 cm³/mol. The van der Waals surface area contributed by atoms with Crippen LogP contribution in [0.3, 0.4) is 0 Å². The lowest BCUT2D eigenvalue weighted by Gasteiger charge is -2.17. The van der Waals surface area contributed by atoms with E-state index in [2.05, 4.69) is 10.6 Å². The number of nitro benzene ring substituents is 1. The van der Waals surface area contributed by atoms with Gasteiger partial charge in [0.05, 0.1) is 11.5 Å². The Kier molecular flexibility index (Phi) is 6.42. The first-order valence-corrected chi connectivity index (χ1v) is 8.15. The number of rotatable bonds is 7. The van der Waals surface area contributed by atoms with Crippen LogP contribution in [0.25, 0.3) is 0 Å². The molecule has 142 valence electrons. The van der Waals surface area contributed by atoms with Gasteiger partial charge in [-0.05, 0) is 43.3 Å². The molecule has 2 rings (SSSR count). The molecule has 0 bridgehead atoms. The predicted octanol–water partition coefficient (Wildman–Crippen LogP) is 2.88. The molecule has 0 aliphatic carbocycles. The summed E-state index contributed by atoms with van der Waals surface area (Å²) in [5.41, 5.74) is 0.593. The molecule has 0 aliphatic rings. The van der Waals surface area contributed by atoms with Crippen LogP contribution in [0.1, 0.15) is 17.3 Å². The number of nitrogens with one attached hydrogen (secondary N) is 2. The molecule has 0 saturated heterocycles.